The summed E-state index contributed by atoms with van der Waals surface area (Å²) in [7, 11) is 0. The maximum absolute atomic E-state index is 14.3. The average molecular weight is 684 g/mol. The van der Waals surface area contributed by atoms with E-state index in [-0.39, 0.29) is 23.8 Å². The largest absolute Gasteiger partial charge is 0.491 e. The van der Waals surface area contributed by atoms with Crippen LogP contribution in [-0.2, 0) is 9.53 Å². The van der Waals surface area contributed by atoms with E-state index in [0.717, 1.165) is 21.2 Å². The van der Waals surface area contributed by atoms with Crippen LogP contribution in [0.3, 0.4) is 0 Å². The van der Waals surface area contributed by atoms with Gasteiger partial charge in [-0.1, -0.05) is 81.9 Å². The lowest BCUT2D eigenvalue weighted by Gasteiger charge is -2.27. The Labute approximate surface area is 272 Å². The second kappa shape index (κ2) is 12.9. The Morgan fingerprint density at radius 1 is 1.07 bits per heavy atom. The van der Waals surface area contributed by atoms with Crippen molar-refractivity contribution >= 4 is 45.0 Å². The van der Waals surface area contributed by atoms with Gasteiger partial charge in [-0.15, -0.1) is 0 Å². The maximum atomic E-state index is 14.3. The van der Waals surface area contributed by atoms with E-state index in [1.807, 2.05) is 106 Å². The van der Waals surface area contributed by atoms with Gasteiger partial charge in [0.25, 0.3) is 5.56 Å². The molecule has 0 amide bonds. The van der Waals surface area contributed by atoms with Crippen molar-refractivity contribution in [1.29, 1.82) is 0 Å². The molecule has 0 N–H and O–H groups in total. The number of rotatable bonds is 8. The van der Waals surface area contributed by atoms with Crippen molar-refractivity contribution in [2.75, 3.05) is 6.61 Å². The molecule has 1 aliphatic rings. The number of thiazole rings is 1. The molecule has 2 aromatic heterocycles. The van der Waals surface area contributed by atoms with E-state index in [1.165, 1.54) is 11.3 Å². The lowest BCUT2D eigenvalue weighted by Crippen LogP contribution is -2.40. The zero-order chi connectivity index (χ0) is 31.7. The number of hydrogen-bond acceptors (Lipinski definition) is 7. The first-order valence-corrected chi connectivity index (χ1v) is 16.3. The number of hydrogen-bond donors (Lipinski definition) is 0. The van der Waals surface area contributed by atoms with Gasteiger partial charge >= 0.3 is 5.97 Å². The Bertz CT molecular complexity index is 2110. The molecule has 3 heterocycles. The number of fused-ring (bicyclic) bond motifs is 1. The summed E-state index contributed by atoms with van der Waals surface area (Å²) in [4.78, 5) is 33.5. The molecule has 1 atom stereocenters. The fraction of sp³-hybridized carbons (Fsp3) is 0.194. The molecule has 0 unspecified atom stereocenters. The van der Waals surface area contributed by atoms with E-state index in [0.29, 0.717) is 37.9 Å². The predicted molar refractivity (Wildman–Crippen MR) is 180 cm³/mol. The van der Waals surface area contributed by atoms with Crippen LogP contribution in [0.1, 0.15) is 49.3 Å². The van der Waals surface area contributed by atoms with Crippen molar-refractivity contribution in [3.8, 4) is 17.1 Å². The number of benzene rings is 3. The highest BCUT2D eigenvalue weighted by atomic mass is 79.9. The van der Waals surface area contributed by atoms with Crippen LogP contribution >= 0.6 is 27.3 Å². The third kappa shape index (κ3) is 6.10. The fourth-order valence-corrected chi connectivity index (χ4v) is 7.00. The summed E-state index contributed by atoms with van der Waals surface area (Å²) in [5, 5.41) is 0. The van der Waals surface area contributed by atoms with Gasteiger partial charge in [-0.05, 0) is 63.6 Å². The first kappa shape index (κ1) is 30.6. The minimum Gasteiger partial charge on any atom is -0.491 e. The van der Waals surface area contributed by atoms with E-state index in [2.05, 4.69) is 15.9 Å². The van der Waals surface area contributed by atoms with E-state index in [1.54, 1.807) is 17.6 Å². The molecular formula is C36H31BrN2O5S. The van der Waals surface area contributed by atoms with Crippen molar-refractivity contribution < 1.29 is 18.7 Å². The van der Waals surface area contributed by atoms with Gasteiger partial charge in [0.15, 0.2) is 4.80 Å². The zero-order valence-corrected chi connectivity index (χ0v) is 27.6. The number of halogens is 1. The molecule has 0 spiro atoms. The molecule has 0 fully saturated rings. The number of ether oxygens (including phenoxy) is 2. The highest BCUT2D eigenvalue weighted by molar-refractivity contribution is 9.10. The quantitative estimate of drug-likeness (QED) is 0.164. The van der Waals surface area contributed by atoms with E-state index in [4.69, 9.17) is 18.9 Å². The minimum atomic E-state index is -0.844. The molecule has 5 aromatic rings. The van der Waals surface area contributed by atoms with Gasteiger partial charge in [-0.25, -0.2) is 9.79 Å². The van der Waals surface area contributed by atoms with Crippen molar-refractivity contribution in [3.05, 3.63) is 137 Å². The summed E-state index contributed by atoms with van der Waals surface area (Å²) in [5.41, 5.74) is 3.87. The topological polar surface area (TPSA) is 83.0 Å². The van der Waals surface area contributed by atoms with Crippen LogP contribution in [0.2, 0.25) is 0 Å². The van der Waals surface area contributed by atoms with E-state index in [9.17, 15) is 9.59 Å². The summed E-state index contributed by atoms with van der Waals surface area (Å²) in [5.74, 6) is 1.23. The summed E-state index contributed by atoms with van der Waals surface area (Å²) in [6.07, 6.45) is 1.59. The second-order valence-corrected chi connectivity index (χ2v) is 12.7. The monoisotopic (exact) mass is 682 g/mol. The fourth-order valence-electron chi connectivity index (χ4n) is 5.33. The lowest BCUT2D eigenvalue weighted by atomic mass is 9.92. The normalized spacial score (nSPS) is 14.8. The molecule has 1 aliphatic heterocycles. The minimum absolute atomic E-state index is 0.132. The highest BCUT2D eigenvalue weighted by Crippen LogP contribution is 2.39. The molecule has 0 radical (unpaired) electrons. The standard InChI is InChI=1S/C36H31BrN2O5S/c1-5-42-35(41)31-32(23-11-7-6-8-12-23)38-36-39(33(31)26-13-9-10-14-28(26)43-21(2)3)34(40)30(45-36)20-24-16-18-29(44-24)25-17-15-22(4)19-27(25)37/h6-21,33H,5H2,1-4H3/b30-20+/t33-/m0/s1. The van der Waals surface area contributed by atoms with Gasteiger partial charge in [-0.3, -0.25) is 9.36 Å². The number of aryl methyl sites for hydroxylation is 1. The number of furan rings is 1. The smallest absolute Gasteiger partial charge is 0.338 e. The number of nitrogens with zero attached hydrogens (tertiary/aromatic N) is 2. The van der Waals surface area contributed by atoms with Crippen LogP contribution in [-0.4, -0.2) is 23.2 Å². The molecular weight excluding hydrogens is 652 g/mol. The van der Waals surface area contributed by atoms with Gasteiger partial charge in [-0.2, -0.15) is 0 Å². The van der Waals surface area contributed by atoms with Crippen LogP contribution < -0.4 is 19.6 Å². The maximum Gasteiger partial charge on any atom is 0.338 e. The zero-order valence-electron chi connectivity index (χ0n) is 25.2. The predicted octanol–water partition coefficient (Wildman–Crippen LogP) is 7.05. The molecule has 45 heavy (non-hydrogen) atoms. The number of esters is 1. The van der Waals surface area contributed by atoms with Crippen LogP contribution in [0.15, 0.2) is 109 Å². The van der Waals surface area contributed by atoms with Gasteiger partial charge in [0.1, 0.15) is 23.3 Å². The van der Waals surface area contributed by atoms with Crippen molar-refractivity contribution in [1.82, 2.24) is 4.57 Å². The molecule has 9 heteroatoms. The van der Waals surface area contributed by atoms with Crippen LogP contribution in [0.25, 0.3) is 23.1 Å². The molecule has 0 saturated heterocycles. The third-order valence-corrected chi connectivity index (χ3v) is 8.88. The van der Waals surface area contributed by atoms with Gasteiger partial charge in [0.2, 0.25) is 0 Å². The molecule has 3 aromatic carbocycles. The van der Waals surface area contributed by atoms with Gasteiger partial charge < -0.3 is 13.9 Å². The Morgan fingerprint density at radius 2 is 1.82 bits per heavy atom. The van der Waals surface area contributed by atoms with Crippen molar-refractivity contribution in [3.63, 3.8) is 0 Å². The highest BCUT2D eigenvalue weighted by Gasteiger charge is 2.36. The van der Waals surface area contributed by atoms with E-state index < -0.39 is 12.0 Å². The number of carbonyl (C=O) groups is 1. The van der Waals surface area contributed by atoms with Crippen LogP contribution in [0, 0.1) is 6.92 Å². The third-order valence-electron chi connectivity index (χ3n) is 7.24. The Kier molecular flexibility index (Phi) is 8.74. The number of aromatic nitrogens is 1. The summed E-state index contributed by atoms with van der Waals surface area (Å²) in [6, 6.07) is 25.9. The van der Waals surface area contributed by atoms with Crippen LogP contribution in [0.5, 0.6) is 5.75 Å². The SMILES string of the molecule is CCOC(=O)C1=C(c2ccccc2)N=c2s/c(=C/c3ccc(-c4ccc(C)cc4Br)o3)c(=O)n2[C@H]1c1ccccc1OC(C)C. The molecule has 7 nitrogen and oxygen atoms in total. The van der Waals surface area contributed by atoms with E-state index >= 15 is 0 Å². The summed E-state index contributed by atoms with van der Waals surface area (Å²) < 4.78 is 20.9. The van der Waals surface area contributed by atoms with Gasteiger partial charge in [0, 0.05) is 27.2 Å². The average Bonchev–Trinajstić information content (AvgIpc) is 3.60. The summed E-state index contributed by atoms with van der Waals surface area (Å²) in [6.45, 7) is 7.83. The first-order chi connectivity index (χ1) is 21.7. The molecule has 0 saturated carbocycles. The molecule has 6 rings (SSSR count). The Balaban J connectivity index is 1.58. The molecule has 228 valence electrons. The number of para-hydroxylation sites is 1. The van der Waals surface area contributed by atoms with Crippen molar-refractivity contribution in [2.24, 2.45) is 4.99 Å². The van der Waals surface area contributed by atoms with Crippen LogP contribution in [0.4, 0.5) is 0 Å². The van der Waals surface area contributed by atoms with Crippen molar-refractivity contribution in [2.45, 2.75) is 39.8 Å². The molecule has 0 aliphatic carbocycles. The number of carbonyl (C=O) groups excluding carboxylic acids is 1. The second-order valence-electron chi connectivity index (χ2n) is 10.8. The molecule has 0 bridgehead atoms. The first-order valence-electron chi connectivity index (χ1n) is 14.7. The van der Waals surface area contributed by atoms with Gasteiger partial charge in [0.05, 0.1) is 28.5 Å². The Hall–Kier alpha value is -4.47. The lowest BCUT2D eigenvalue weighted by molar-refractivity contribution is -0.138. The Morgan fingerprint density at radius 3 is 2.56 bits per heavy atom. The summed E-state index contributed by atoms with van der Waals surface area (Å²) >= 11 is 4.87.